The normalized spacial score (nSPS) is 14.4. The molecule has 2 aliphatic heterocycles. The fourth-order valence-corrected chi connectivity index (χ4v) is 5.04. The zero-order valence-electron chi connectivity index (χ0n) is 20.4. The van der Waals surface area contributed by atoms with Crippen LogP contribution in [0.25, 0.3) is 33.2 Å². The van der Waals surface area contributed by atoms with Crippen LogP contribution in [0.3, 0.4) is 0 Å². The number of urea groups is 1. The average Bonchev–Trinajstić information content (AvgIpc) is 3.60. The number of likely N-dealkylation sites (N-methyl/N-ethyl adjacent to an activating group) is 1. The van der Waals surface area contributed by atoms with Gasteiger partial charge in [0.1, 0.15) is 0 Å². The van der Waals surface area contributed by atoms with Crippen molar-refractivity contribution in [2.24, 2.45) is 0 Å². The molecule has 0 bridgehead atoms. The van der Waals surface area contributed by atoms with Crippen LogP contribution >= 0.6 is 0 Å². The zero-order valence-corrected chi connectivity index (χ0v) is 20.4. The van der Waals surface area contributed by atoms with Gasteiger partial charge in [-0.05, 0) is 49.5 Å². The van der Waals surface area contributed by atoms with Gasteiger partial charge in [0.15, 0.2) is 11.5 Å². The van der Waals surface area contributed by atoms with Crippen LogP contribution in [-0.2, 0) is 6.54 Å². The molecule has 180 valence electrons. The van der Waals surface area contributed by atoms with E-state index in [1.807, 2.05) is 66.6 Å². The van der Waals surface area contributed by atoms with Crippen molar-refractivity contribution < 1.29 is 4.79 Å². The van der Waals surface area contributed by atoms with E-state index in [0.29, 0.717) is 18.8 Å². The molecule has 1 fully saturated rings. The molecule has 36 heavy (non-hydrogen) atoms. The van der Waals surface area contributed by atoms with E-state index in [9.17, 15) is 4.79 Å². The van der Waals surface area contributed by atoms with E-state index >= 15 is 0 Å². The molecule has 0 saturated carbocycles. The minimum Gasteiger partial charge on any atom is -0.340 e. The first-order valence-electron chi connectivity index (χ1n) is 12.1. The van der Waals surface area contributed by atoms with Gasteiger partial charge >= 0.3 is 6.03 Å². The summed E-state index contributed by atoms with van der Waals surface area (Å²) in [5.41, 5.74) is 6.96. The Hall–Kier alpha value is -4.35. The highest BCUT2D eigenvalue weighted by atomic mass is 16.2. The molecule has 6 rings (SSSR count). The van der Waals surface area contributed by atoms with Crippen LogP contribution in [0.4, 0.5) is 16.2 Å². The van der Waals surface area contributed by atoms with E-state index in [0.717, 1.165) is 59.2 Å². The second-order valence-corrected chi connectivity index (χ2v) is 9.56. The highest BCUT2D eigenvalue weighted by Crippen LogP contribution is 2.36. The Morgan fingerprint density at radius 3 is 2.67 bits per heavy atom. The van der Waals surface area contributed by atoms with Gasteiger partial charge in [-0.2, -0.15) is 0 Å². The number of aromatic nitrogens is 3. The van der Waals surface area contributed by atoms with Crippen molar-refractivity contribution in [1.82, 2.24) is 23.9 Å². The number of rotatable bonds is 5. The van der Waals surface area contributed by atoms with Gasteiger partial charge in [0.25, 0.3) is 0 Å². The Kier molecular flexibility index (Phi) is 5.35. The molecular weight excluding hydrogens is 450 g/mol. The summed E-state index contributed by atoms with van der Waals surface area (Å²) in [5.74, 6) is 0.887. The second kappa shape index (κ2) is 8.70. The first-order valence-corrected chi connectivity index (χ1v) is 12.1. The highest BCUT2D eigenvalue weighted by molar-refractivity contribution is 5.94. The topological polar surface area (TPSA) is 53.9 Å². The van der Waals surface area contributed by atoms with E-state index in [4.69, 9.17) is 6.57 Å². The lowest BCUT2D eigenvalue weighted by molar-refractivity contribution is 0.215. The molecule has 8 heteroatoms. The number of nitrogens with zero attached hydrogens (tertiary/aromatic N) is 7. The third-order valence-corrected chi connectivity index (χ3v) is 6.98. The van der Waals surface area contributed by atoms with Crippen molar-refractivity contribution in [3.63, 3.8) is 0 Å². The first kappa shape index (κ1) is 22.1. The summed E-state index contributed by atoms with van der Waals surface area (Å²) in [4.78, 5) is 27.2. The summed E-state index contributed by atoms with van der Waals surface area (Å²) in [6.45, 7) is 10.9. The minimum atomic E-state index is 0.0699. The standard InChI is InChI=1S/C28H27N7O/c1-29-23-6-4-20(5-7-23)21-17-26-27-30-10-11-35(27)25-9-8-24(16-22(25)19-33(26)18-21)34-15-14-32(28(34)36)13-12-31(2)3/h4-11,16-18H,12-15,19H2,2-3H3. The van der Waals surface area contributed by atoms with Crippen LogP contribution in [0.2, 0.25) is 0 Å². The van der Waals surface area contributed by atoms with Crippen molar-refractivity contribution in [2.75, 3.05) is 45.2 Å². The molecular formula is C28H27N7O. The molecule has 2 aliphatic rings. The van der Waals surface area contributed by atoms with Crippen molar-refractivity contribution in [2.45, 2.75) is 6.54 Å². The average molecular weight is 478 g/mol. The number of carbonyl (C=O) groups excluding carboxylic acids is 1. The van der Waals surface area contributed by atoms with E-state index < -0.39 is 0 Å². The Morgan fingerprint density at radius 1 is 1.06 bits per heavy atom. The molecule has 4 aromatic rings. The summed E-state index contributed by atoms with van der Waals surface area (Å²) >= 11 is 0. The van der Waals surface area contributed by atoms with Gasteiger partial charge in [0.05, 0.1) is 18.0 Å². The van der Waals surface area contributed by atoms with E-state index in [-0.39, 0.29) is 6.03 Å². The van der Waals surface area contributed by atoms with Gasteiger partial charge in [-0.3, -0.25) is 9.47 Å². The van der Waals surface area contributed by atoms with Crippen molar-refractivity contribution in [1.29, 1.82) is 0 Å². The van der Waals surface area contributed by atoms with E-state index in [1.165, 1.54) is 0 Å². The van der Waals surface area contributed by atoms with Crippen LogP contribution in [0, 0.1) is 6.57 Å². The number of fused-ring (bicyclic) bond motifs is 5. The quantitative estimate of drug-likeness (QED) is 0.344. The maximum atomic E-state index is 13.1. The number of carbonyl (C=O) groups is 1. The smallest absolute Gasteiger partial charge is 0.324 e. The summed E-state index contributed by atoms with van der Waals surface area (Å²) in [6.07, 6.45) is 5.96. The van der Waals surface area contributed by atoms with Crippen LogP contribution in [-0.4, -0.2) is 70.2 Å². The molecule has 8 nitrogen and oxygen atoms in total. The Labute approximate surface area is 210 Å². The van der Waals surface area contributed by atoms with Crippen LogP contribution in [0.15, 0.2) is 67.1 Å². The van der Waals surface area contributed by atoms with Crippen molar-refractivity contribution in [3.8, 4) is 28.3 Å². The van der Waals surface area contributed by atoms with Gasteiger partial charge in [-0.25, -0.2) is 14.6 Å². The SMILES string of the molecule is [C-]#[N+]c1ccc(-c2cc3n(c2)Cc2cc(N4CCN(CCN(C)C)C4=O)ccc2-n2ccnc2-3)cc1. The van der Waals surface area contributed by atoms with E-state index in [2.05, 4.69) is 48.3 Å². The molecule has 2 aromatic carbocycles. The molecule has 2 amide bonds. The lowest BCUT2D eigenvalue weighted by Crippen LogP contribution is -2.36. The molecule has 4 heterocycles. The number of hydrogen-bond acceptors (Lipinski definition) is 3. The largest absolute Gasteiger partial charge is 0.340 e. The highest BCUT2D eigenvalue weighted by Gasteiger charge is 2.30. The Balaban J connectivity index is 1.35. The maximum absolute atomic E-state index is 13.1. The fourth-order valence-electron chi connectivity index (χ4n) is 5.04. The lowest BCUT2D eigenvalue weighted by atomic mass is 10.1. The number of anilines is 1. The number of benzene rings is 2. The molecule has 0 atom stereocenters. The summed E-state index contributed by atoms with van der Waals surface area (Å²) in [6, 6.07) is 16.2. The summed E-state index contributed by atoms with van der Waals surface area (Å²) < 4.78 is 4.35. The predicted octanol–water partition coefficient (Wildman–Crippen LogP) is 4.72. The first-order chi connectivity index (χ1) is 17.5. The Bertz CT molecular complexity index is 1490. The second-order valence-electron chi connectivity index (χ2n) is 9.56. The third kappa shape index (κ3) is 3.74. The molecule has 0 unspecified atom stereocenters. The van der Waals surface area contributed by atoms with Crippen LogP contribution in [0.5, 0.6) is 0 Å². The summed E-state index contributed by atoms with van der Waals surface area (Å²) in [7, 11) is 4.05. The number of imidazole rings is 1. The van der Waals surface area contributed by atoms with Gasteiger partial charge < -0.3 is 14.4 Å². The minimum absolute atomic E-state index is 0.0699. The molecule has 1 saturated heterocycles. The van der Waals surface area contributed by atoms with Gasteiger partial charge in [-0.15, -0.1) is 0 Å². The number of amides is 2. The molecule has 0 radical (unpaired) electrons. The van der Waals surface area contributed by atoms with Crippen LogP contribution < -0.4 is 4.90 Å². The maximum Gasteiger partial charge on any atom is 0.324 e. The fraction of sp³-hybridized carbons (Fsp3) is 0.250. The molecule has 2 aromatic heterocycles. The van der Waals surface area contributed by atoms with Crippen molar-refractivity contribution >= 4 is 17.4 Å². The molecule has 0 N–H and O–H groups in total. The lowest BCUT2D eigenvalue weighted by Gasteiger charge is -2.21. The molecule has 0 spiro atoms. The van der Waals surface area contributed by atoms with Gasteiger partial charge in [0.2, 0.25) is 0 Å². The monoisotopic (exact) mass is 477 g/mol. The third-order valence-electron chi connectivity index (χ3n) is 6.98. The van der Waals surface area contributed by atoms with Gasteiger partial charge in [-0.1, -0.05) is 24.3 Å². The van der Waals surface area contributed by atoms with Crippen molar-refractivity contribution in [3.05, 3.63) is 84.1 Å². The van der Waals surface area contributed by atoms with E-state index in [1.54, 1.807) is 0 Å². The van der Waals surface area contributed by atoms with Crippen LogP contribution in [0.1, 0.15) is 5.56 Å². The van der Waals surface area contributed by atoms with Gasteiger partial charge in [0, 0.05) is 62.6 Å². The predicted molar refractivity (Wildman–Crippen MR) is 141 cm³/mol. The number of hydrogen-bond donors (Lipinski definition) is 0. The summed E-state index contributed by atoms with van der Waals surface area (Å²) in [5, 5.41) is 0. The Morgan fingerprint density at radius 2 is 1.89 bits per heavy atom. The molecule has 0 aliphatic carbocycles. The zero-order chi connectivity index (χ0) is 24.8.